The second-order valence-electron chi connectivity index (χ2n) is 3.84. The summed E-state index contributed by atoms with van der Waals surface area (Å²) in [6, 6.07) is -0.304. The molecule has 0 bridgehead atoms. The zero-order chi connectivity index (χ0) is 11.3. The van der Waals surface area contributed by atoms with Crippen molar-refractivity contribution >= 4 is 12.0 Å². The summed E-state index contributed by atoms with van der Waals surface area (Å²) >= 11 is 0. The minimum absolute atomic E-state index is 0.0696. The predicted octanol–water partition coefficient (Wildman–Crippen LogP) is 0.505. The van der Waals surface area contributed by atoms with Gasteiger partial charge in [-0.05, 0) is 25.2 Å². The Kier molecular flexibility index (Phi) is 4.39. The number of carbonyl (C=O) groups is 2. The molecular weight excluding hydrogens is 196 g/mol. The van der Waals surface area contributed by atoms with Crippen molar-refractivity contribution in [3.8, 4) is 0 Å². The van der Waals surface area contributed by atoms with Crippen LogP contribution in [0.25, 0.3) is 0 Å². The maximum absolute atomic E-state index is 11.2. The normalized spacial score (nSPS) is 23.1. The van der Waals surface area contributed by atoms with Gasteiger partial charge in [-0.3, -0.25) is 4.79 Å². The molecule has 2 unspecified atom stereocenters. The third-order valence-corrected chi connectivity index (χ3v) is 2.50. The van der Waals surface area contributed by atoms with E-state index in [1.165, 1.54) is 6.42 Å². The molecule has 0 saturated heterocycles. The first kappa shape index (κ1) is 11.8. The number of hydrogen-bond donors (Lipinski definition) is 2. The van der Waals surface area contributed by atoms with Crippen LogP contribution < -0.4 is 10.6 Å². The van der Waals surface area contributed by atoms with Crippen LogP contribution in [0.5, 0.6) is 0 Å². The highest BCUT2D eigenvalue weighted by Crippen LogP contribution is 2.36. The number of amides is 2. The van der Waals surface area contributed by atoms with Crippen LogP contribution in [-0.4, -0.2) is 31.7 Å². The molecule has 0 aromatic rings. The fraction of sp³-hybridized carbons (Fsp3) is 0.800. The molecule has 15 heavy (non-hydrogen) atoms. The predicted molar refractivity (Wildman–Crippen MR) is 55.3 cm³/mol. The van der Waals surface area contributed by atoms with Crippen LogP contribution >= 0.6 is 0 Å². The van der Waals surface area contributed by atoms with E-state index < -0.39 is 5.97 Å². The molecule has 0 radical (unpaired) electrons. The first-order valence-electron chi connectivity index (χ1n) is 5.30. The van der Waals surface area contributed by atoms with Gasteiger partial charge < -0.3 is 15.4 Å². The maximum Gasteiger partial charge on any atom is 0.325 e. The van der Waals surface area contributed by atoms with Gasteiger partial charge in [0.25, 0.3) is 0 Å². The molecule has 0 aliphatic heterocycles. The number of hydrogen-bond acceptors (Lipinski definition) is 3. The van der Waals surface area contributed by atoms with Crippen molar-refractivity contribution in [1.82, 2.24) is 10.6 Å². The van der Waals surface area contributed by atoms with Gasteiger partial charge in [0.2, 0.25) is 0 Å². The van der Waals surface area contributed by atoms with E-state index in [9.17, 15) is 9.59 Å². The van der Waals surface area contributed by atoms with Crippen molar-refractivity contribution in [3.63, 3.8) is 0 Å². The highest BCUT2D eigenvalue weighted by atomic mass is 16.5. The quantitative estimate of drug-likeness (QED) is 0.655. The van der Waals surface area contributed by atoms with E-state index in [1.54, 1.807) is 6.92 Å². The summed E-state index contributed by atoms with van der Waals surface area (Å²) in [7, 11) is 0. The Morgan fingerprint density at radius 1 is 1.40 bits per heavy atom. The van der Waals surface area contributed by atoms with Gasteiger partial charge in [-0.2, -0.15) is 0 Å². The molecule has 0 aromatic heterocycles. The largest absolute Gasteiger partial charge is 0.465 e. The van der Waals surface area contributed by atoms with Crippen molar-refractivity contribution in [2.24, 2.45) is 11.8 Å². The van der Waals surface area contributed by atoms with E-state index in [0.717, 1.165) is 5.92 Å². The molecule has 1 rings (SSSR count). The number of ether oxygens (including phenoxy) is 1. The summed E-state index contributed by atoms with van der Waals surface area (Å²) in [5.74, 6) is 0.918. The van der Waals surface area contributed by atoms with Gasteiger partial charge in [0, 0.05) is 6.54 Å². The molecule has 5 heteroatoms. The number of carbonyl (C=O) groups excluding carboxylic acids is 2. The lowest BCUT2D eigenvalue weighted by Crippen LogP contribution is -2.39. The highest BCUT2D eigenvalue weighted by Gasteiger charge is 2.32. The zero-order valence-electron chi connectivity index (χ0n) is 9.21. The standard InChI is InChI=1S/C10H18N2O3/c1-3-15-9(13)6-12-10(14)11-5-8-4-7(8)2/h7-8H,3-6H2,1-2H3,(H2,11,12,14). The van der Waals surface area contributed by atoms with E-state index in [1.807, 2.05) is 0 Å². The van der Waals surface area contributed by atoms with E-state index in [2.05, 4.69) is 22.3 Å². The van der Waals surface area contributed by atoms with Crippen molar-refractivity contribution < 1.29 is 14.3 Å². The average molecular weight is 214 g/mol. The van der Waals surface area contributed by atoms with Gasteiger partial charge in [-0.25, -0.2) is 4.79 Å². The van der Waals surface area contributed by atoms with Crippen LogP contribution in [0, 0.1) is 11.8 Å². The lowest BCUT2D eigenvalue weighted by Gasteiger charge is -2.06. The first-order valence-corrected chi connectivity index (χ1v) is 5.30. The monoisotopic (exact) mass is 214 g/mol. The Hall–Kier alpha value is -1.26. The molecule has 0 aromatic carbocycles. The molecule has 0 spiro atoms. The van der Waals surface area contributed by atoms with Gasteiger partial charge in [0.1, 0.15) is 6.54 Å². The van der Waals surface area contributed by atoms with Crippen molar-refractivity contribution in [2.75, 3.05) is 19.7 Å². The molecule has 2 atom stereocenters. The Labute approximate surface area is 89.6 Å². The Morgan fingerprint density at radius 3 is 2.60 bits per heavy atom. The van der Waals surface area contributed by atoms with Gasteiger partial charge in [0.15, 0.2) is 0 Å². The lowest BCUT2D eigenvalue weighted by molar-refractivity contribution is -0.141. The summed E-state index contributed by atoms with van der Waals surface area (Å²) in [5.41, 5.74) is 0. The molecule has 86 valence electrons. The van der Waals surface area contributed by atoms with E-state index in [-0.39, 0.29) is 12.6 Å². The highest BCUT2D eigenvalue weighted by molar-refractivity contribution is 5.80. The summed E-state index contributed by atoms with van der Waals surface area (Å²) < 4.78 is 4.67. The summed E-state index contributed by atoms with van der Waals surface area (Å²) in [4.78, 5) is 22.0. The summed E-state index contributed by atoms with van der Waals surface area (Å²) in [5, 5.41) is 5.16. The van der Waals surface area contributed by atoms with Gasteiger partial charge >= 0.3 is 12.0 Å². The van der Waals surface area contributed by atoms with E-state index in [4.69, 9.17) is 0 Å². The fourth-order valence-electron chi connectivity index (χ4n) is 1.33. The molecular formula is C10H18N2O3. The van der Waals surface area contributed by atoms with Crippen molar-refractivity contribution in [1.29, 1.82) is 0 Å². The summed E-state index contributed by atoms with van der Waals surface area (Å²) in [6.45, 7) is 4.84. The third-order valence-electron chi connectivity index (χ3n) is 2.50. The van der Waals surface area contributed by atoms with Gasteiger partial charge in [-0.15, -0.1) is 0 Å². The van der Waals surface area contributed by atoms with Gasteiger partial charge in [-0.1, -0.05) is 6.92 Å². The molecule has 2 amide bonds. The van der Waals surface area contributed by atoms with Crippen molar-refractivity contribution in [2.45, 2.75) is 20.3 Å². The number of urea groups is 1. The smallest absolute Gasteiger partial charge is 0.325 e. The molecule has 1 aliphatic carbocycles. The Morgan fingerprint density at radius 2 is 2.07 bits per heavy atom. The Bertz CT molecular complexity index is 243. The van der Waals surface area contributed by atoms with Crippen LogP contribution in [0.1, 0.15) is 20.3 Å². The molecule has 1 fully saturated rings. The lowest BCUT2D eigenvalue weighted by atomic mass is 10.3. The zero-order valence-corrected chi connectivity index (χ0v) is 9.21. The van der Waals surface area contributed by atoms with Gasteiger partial charge in [0.05, 0.1) is 6.61 Å². The van der Waals surface area contributed by atoms with E-state index in [0.29, 0.717) is 19.1 Å². The SMILES string of the molecule is CCOC(=O)CNC(=O)NCC1CC1C. The van der Waals surface area contributed by atoms with Crippen LogP contribution in [0.2, 0.25) is 0 Å². The topological polar surface area (TPSA) is 67.4 Å². The average Bonchev–Trinajstić information content (AvgIpc) is 2.89. The molecule has 1 aliphatic rings. The van der Waals surface area contributed by atoms with E-state index >= 15 is 0 Å². The number of esters is 1. The second-order valence-corrected chi connectivity index (χ2v) is 3.84. The molecule has 1 saturated carbocycles. The minimum atomic E-state index is -0.410. The number of nitrogens with one attached hydrogen (secondary N) is 2. The minimum Gasteiger partial charge on any atom is -0.465 e. The fourth-order valence-corrected chi connectivity index (χ4v) is 1.33. The van der Waals surface area contributed by atoms with Crippen LogP contribution in [-0.2, 0) is 9.53 Å². The Balaban J connectivity index is 2.00. The first-order chi connectivity index (χ1) is 7.13. The van der Waals surface area contributed by atoms with Crippen LogP contribution in [0.4, 0.5) is 4.79 Å². The second kappa shape index (κ2) is 5.58. The molecule has 0 heterocycles. The molecule has 2 N–H and O–H groups in total. The van der Waals surface area contributed by atoms with Crippen LogP contribution in [0.15, 0.2) is 0 Å². The molecule has 5 nitrogen and oxygen atoms in total. The van der Waals surface area contributed by atoms with Crippen LogP contribution in [0.3, 0.4) is 0 Å². The third kappa shape index (κ3) is 4.67. The maximum atomic E-state index is 11.2. The number of rotatable bonds is 5. The van der Waals surface area contributed by atoms with Crippen molar-refractivity contribution in [3.05, 3.63) is 0 Å². The summed E-state index contributed by atoms with van der Waals surface area (Å²) in [6.07, 6.45) is 1.18.